The number of aromatic nitrogens is 3. The minimum Gasteiger partial charge on any atom is -0.482 e. The fourth-order valence-electron chi connectivity index (χ4n) is 2.42. The number of thioether (sulfide) groups is 1. The van der Waals surface area contributed by atoms with Crippen LogP contribution in [0.3, 0.4) is 0 Å². The molecule has 3 aromatic rings. The quantitative estimate of drug-likeness (QED) is 0.435. The van der Waals surface area contributed by atoms with Crippen LogP contribution in [0.5, 0.6) is 5.75 Å². The maximum absolute atomic E-state index is 12.3. The van der Waals surface area contributed by atoms with Crippen molar-refractivity contribution in [1.29, 1.82) is 0 Å². The summed E-state index contributed by atoms with van der Waals surface area (Å²) >= 11 is 19.6. The van der Waals surface area contributed by atoms with Crippen molar-refractivity contribution in [2.45, 2.75) is 24.4 Å². The number of nitrogens with one attached hydrogen (secondary N) is 1. The summed E-state index contributed by atoms with van der Waals surface area (Å²) in [6, 6.07) is 12.4. The molecule has 6 nitrogen and oxygen atoms in total. The third kappa shape index (κ3) is 5.79. The zero-order valence-corrected chi connectivity index (χ0v) is 18.4. The molecule has 0 aliphatic rings. The Kier molecular flexibility index (Phi) is 7.66. The monoisotopic (exact) mass is 470 g/mol. The van der Waals surface area contributed by atoms with Gasteiger partial charge in [0.2, 0.25) is 5.95 Å². The van der Waals surface area contributed by atoms with Gasteiger partial charge >= 0.3 is 0 Å². The molecule has 3 rings (SSSR count). The van der Waals surface area contributed by atoms with Gasteiger partial charge in [-0.25, -0.2) is 0 Å². The van der Waals surface area contributed by atoms with Crippen LogP contribution >= 0.6 is 46.6 Å². The van der Waals surface area contributed by atoms with E-state index in [9.17, 15) is 4.79 Å². The first-order valence-electron chi connectivity index (χ1n) is 8.65. The van der Waals surface area contributed by atoms with Crippen molar-refractivity contribution < 1.29 is 9.53 Å². The molecule has 0 fully saturated rings. The van der Waals surface area contributed by atoms with E-state index >= 15 is 0 Å². The van der Waals surface area contributed by atoms with Crippen molar-refractivity contribution in [3.63, 3.8) is 0 Å². The number of benzene rings is 2. The van der Waals surface area contributed by atoms with E-state index < -0.39 is 0 Å². The first-order valence-corrected chi connectivity index (χ1v) is 10.8. The van der Waals surface area contributed by atoms with Gasteiger partial charge in [0.1, 0.15) is 5.75 Å². The number of hydrogen-bond acceptors (Lipinski definition) is 5. The highest BCUT2D eigenvalue weighted by Gasteiger charge is 2.15. The molecule has 1 N–H and O–H groups in total. The average Bonchev–Trinajstić information content (AvgIpc) is 3.09. The highest BCUT2D eigenvalue weighted by atomic mass is 35.5. The Labute approximate surface area is 187 Å². The molecule has 152 valence electrons. The van der Waals surface area contributed by atoms with Crippen LogP contribution in [0.2, 0.25) is 15.1 Å². The molecule has 1 aromatic heterocycles. The van der Waals surface area contributed by atoms with Crippen LogP contribution in [0.4, 0.5) is 5.95 Å². The molecular weight excluding hydrogens is 455 g/mol. The van der Waals surface area contributed by atoms with Crippen molar-refractivity contribution in [3.8, 4) is 5.75 Å². The van der Waals surface area contributed by atoms with Crippen LogP contribution < -0.4 is 10.1 Å². The Bertz CT molecular complexity index is 1010. The van der Waals surface area contributed by atoms with Crippen LogP contribution in [0.25, 0.3) is 0 Å². The lowest BCUT2D eigenvalue weighted by Gasteiger charge is -2.10. The zero-order chi connectivity index (χ0) is 20.8. The van der Waals surface area contributed by atoms with E-state index in [0.717, 1.165) is 5.56 Å². The van der Waals surface area contributed by atoms with Gasteiger partial charge in [0, 0.05) is 28.4 Å². The summed E-state index contributed by atoms with van der Waals surface area (Å²) in [7, 11) is 0. The Morgan fingerprint density at radius 1 is 1.14 bits per heavy atom. The molecule has 2 aromatic carbocycles. The third-order valence-electron chi connectivity index (χ3n) is 3.85. The highest BCUT2D eigenvalue weighted by molar-refractivity contribution is 7.98. The van der Waals surface area contributed by atoms with Gasteiger partial charge < -0.3 is 4.74 Å². The highest BCUT2D eigenvalue weighted by Crippen LogP contribution is 2.28. The van der Waals surface area contributed by atoms with Gasteiger partial charge in [0.15, 0.2) is 11.8 Å². The van der Waals surface area contributed by atoms with Gasteiger partial charge in [0.05, 0.1) is 5.02 Å². The number of halogens is 3. The van der Waals surface area contributed by atoms with E-state index in [1.165, 1.54) is 11.8 Å². The van der Waals surface area contributed by atoms with Gasteiger partial charge in [-0.2, -0.15) is 0 Å². The van der Waals surface area contributed by atoms with E-state index in [0.29, 0.717) is 44.2 Å². The van der Waals surface area contributed by atoms with Crippen LogP contribution in [-0.4, -0.2) is 27.3 Å². The summed E-state index contributed by atoms with van der Waals surface area (Å²) in [5.74, 6) is 0.940. The van der Waals surface area contributed by atoms with Gasteiger partial charge in [-0.15, -0.1) is 10.2 Å². The van der Waals surface area contributed by atoms with E-state index in [2.05, 4.69) is 15.5 Å². The summed E-state index contributed by atoms with van der Waals surface area (Å²) in [5.41, 5.74) is 1.00. The van der Waals surface area contributed by atoms with Crippen molar-refractivity contribution in [1.82, 2.24) is 14.8 Å². The van der Waals surface area contributed by atoms with Gasteiger partial charge in [-0.3, -0.25) is 14.7 Å². The normalized spacial score (nSPS) is 10.8. The van der Waals surface area contributed by atoms with Crippen molar-refractivity contribution >= 4 is 58.4 Å². The molecule has 0 saturated carbocycles. The third-order valence-corrected chi connectivity index (χ3v) is 5.78. The summed E-state index contributed by atoms with van der Waals surface area (Å²) < 4.78 is 7.26. The first-order chi connectivity index (χ1) is 14.0. The number of carbonyl (C=O) groups excluding carboxylic acids is 1. The molecule has 0 radical (unpaired) electrons. The standard InChI is InChI=1S/C19H17Cl3N4O2S/c1-2-26-18(23-17(27)10-28-16-9-13(20)7-8-15(16)22)24-25-19(26)29-11-12-5-3-4-6-14(12)21/h3-9H,2,10-11H2,1H3,(H,23,24,27). The molecule has 0 unspecified atom stereocenters. The summed E-state index contributed by atoms with van der Waals surface area (Å²) in [4.78, 5) is 12.3. The Morgan fingerprint density at radius 3 is 2.69 bits per heavy atom. The maximum atomic E-state index is 12.3. The average molecular weight is 472 g/mol. The van der Waals surface area contributed by atoms with E-state index in [1.807, 2.05) is 35.8 Å². The van der Waals surface area contributed by atoms with Crippen LogP contribution in [0.15, 0.2) is 47.6 Å². The van der Waals surface area contributed by atoms with Crippen LogP contribution in [0.1, 0.15) is 12.5 Å². The fourth-order valence-corrected chi connectivity index (χ4v) is 4.04. The maximum Gasteiger partial charge on any atom is 0.264 e. The van der Waals surface area contributed by atoms with E-state index in [1.54, 1.807) is 18.2 Å². The smallest absolute Gasteiger partial charge is 0.264 e. The van der Waals surface area contributed by atoms with Crippen molar-refractivity contribution in [2.24, 2.45) is 0 Å². The number of anilines is 1. The molecule has 29 heavy (non-hydrogen) atoms. The summed E-state index contributed by atoms with van der Waals surface area (Å²) in [5, 5.41) is 13.2. The minimum absolute atomic E-state index is 0.237. The molecule has 0 aliphatic carbocycles. The summed E-state index contributed by atoms with van der Waals surface area (Å²) in [6.45, 7) is 2.30. The lowest BCUT2D eigenvalue weighted by atomic mass is 10.2. The second-order valence-corrected chi connectivity index (χ2v) is 8.04. The Morgan fingerprint density at radius 2 is 1.93 bits per heavy atom. The van der Waals surface area contributed by atoms with E-state index in [4.69, 9.17) is 39.5 Å². The number of ether oxygens (including phenoxy) is 1. The number of nitrogens with zero attached hydrogens (tertiary/aromatic N) is 3. The summed E-state index contributed by atoms with van der Waals surface area (Å²) in [6.07, 6.45) is 0. The number of rotatable bonds is 8. The van der Waals surface area contributed by atoms with Crippen molar-refractivity contribution in [3.05, 3.63) is 63.1 Å². The van der Waals surface area contributed by atoms with Crippen LogP contribution in [0, 0.1) is 0 Å². The van der Waals surface area contributed by atoms with Gasteiger partial charge in [-0.1, -0.05) is 64.8 Å². The molecular formula is C19H17Cl3N4O2S. The largest absolute Gasteiger partial charge is 0.482 e. The lowest BCUT2D eigenvalue weighted by molar-refractivity contribution is -0.118. The molecule has 1 heterocycles. The lowest BCUT2D eigenvalue weighted by Crippen LogP contribution is -2.22. The Hall–Kier alpha value is -1.93. The molecule has 0 spiro atoms. The van der Waals surface area contributed by atoms with Crippen LogP contribution in [-0.2, 0) is 17.1 Å². The molecule has 0 aliphatic heterocycles. The topological polar surface area (TPSA) is 69.0 Å². The zero-order valence-electron chi connectivity index (χ0n) is 15.4. The van der Waals surface area contributed by atoms with Gasteiger partial charge in [-0.05, 0) is 30.7 Å². The fraction of sp³-hybridized carbons (Fsp3) is 0.211. The second-order valence-electron chi connectivity index (χ2n) is 5.84. The molecule has 0 saturated heterocycles. The number of amides is 1. The predicted octanol–water partition coefficient (Wildman–Crippen LogP) is 5.57. The SMILES string of the molecule is CCn1c(NC(=O)COc2cc(Cl)ccc2Cl)nnc1SCc1ccccc1Cl. The molecule has 1 amide bonds. The molecule has 0 bridgehead atoms. The van der Waals surface area contributed by atoms with Crippen molar-refractivity contribution in [2.75, 3.05) is 11.9 Å². The molecule has 10 heteroatoms. The molecule has 0 atom stereocenters. The second kappa shape index (κ2) is 10.2. The number of hydrogen-bond donors (Lipinski definition) is 1. The minimum atomic E-state index is -0.384. The predicted molar refractivity (Wildman–Crippen MR) is 117 cm³/mol. The Balaban J connectivity index is 1.61. The van der Waals surface area contributed by atoms with Gasteiger partial charge in [0.25, 0.3) is 5.91 Å². The first kappa shape index (κ1) is 21.8. The number of carbonyl (C=O) groups is 1. The van der Waals surface area contributed by atoms with E-state index in [-0.39, 0.29) is 12.5 Å².